The van der Waals surface area contributed by atoms with E-state index >= 15 is 0 Å². The standard InChI is InChI=1S/C33H34F3NO10/c1-43-31(42)32(45-19-22-13-7-3-8-14-22)17-25(46-29(40)23-15-9-4-10-16-23)26(37-30(41)33(34,35)36)28(47-32)27(39)24(38)20-44-18-21-11-5-2-6-12-21/h2-16,24-28,38-39H,17-20H2,1H3,(H,37,41)/t24-,25+,26-,27-,28-,32-/m1/s1. The summed E-state index contributed by atoms with van der Waals surface area (Å²) in [4.78, 5) is 38.7. The number of aliphatic hydroxyl groups excluding tert-OH is 2. The van der Waals surface area contributed by atoms with Crippen molar-refractivity contribution in [3.05, 3.63) is 108 Å². The number of rotatable bonds is 13. The first-order valence-corrected chi connectivity index (χ1v) is 14.5. The number of hydrogen-bond donors (Lipinski definition) is 3. The fraction of sp³-hybridized carbons (Fsp3) is 0.364. The Balaban J connectivity index is 1.70. The highest BCUT2D eigenvalue weighted by Crippen LogP contribution is 2.37. The summed E-state index contributed by atoms with van der Waals surface area (Å²) in [7, 11) is 1.000. The van der Waals surface area contributed by atoms with Crippen LogP contribution in [0.3, 0.4) is 0 Å². The van der Waals surface area contributed by atoms with Crippen LogP contribution >= 0.6 is 0 Å². The van der Waals surface area contributed by atoms with Gasteiger partial charge >= 0.3 is 24.0 Å². The van der Waals surface area contributed by atoms with Crippen molar-refractivity contribution < 1.29 is 61.5 Å². The first-order valence-electron chi connectivity index (χ1n) is 14.5. The second-order valence-corrected chi connectivity index (χ2v) is 10.7. The average molecular weight is 662 g/mol. The minimum Gasteiger partial charge on any atom is -0.465 e. The zero-order valence-electron chi connectivity index (χ0n) is 25.2. The van der Waals surface area contributed by atoms with Gasteiger partial charge in [0.25, 0.3) is 5.79 Å². The second kappa shape index (κ2) is 16.0. The minimum absolute atomic E-state index is 0.000192. The van der Waals surface area contributed by atoms with E-state index in [-0.39, 0.29) is 18.8 Å². The molecule has 0 aromatic heterocycles. The number of nitrogens with one attached hydrogen (secondary N) is 1. The second-order valence-electron chi connectivity index (χ2n) is 10.7. The van der Waals surface area contributed by atoms with Crippen LogP contribution in [0.2, 0.25) is 0 Å². The topological polar surface area (TPSA) is 150 Å². The first-order chi connectivity index (χ1) is 22.4. The van der Waals surface area contributed by atoms with Gasteiger partial charge in [-0.1, -0.05) is 78.9 Å². The molecule has 4 rings (SSSR count). The number of methoxy groups -OCH3 is 1. The van der Waals surface area contributed by atoms with Crippen LogP contribution in [-0.4, -0.2) is 84.2 Å². The molecule has 1 saturated heterocycles. The molecule has 1 heterocycles. The minimum atomic E-state index is -5.40. The molecule has 1 aliphatic heterocycles. The molecule has 1 fully saturated rings. The highest BCUT2D eigenvalue weighted by Gasteiger charge is 2.59. The van der Waals surface area contributed by atoms with E-state index in [1.807, 2.05) is 0 Å². The third-order valence-corrected chi connectivity index (χ3v) is 7.32. The van der Waals surface area contributed by atoms with Crippen molar-refractivity contribution in [2.45, 2.75) is 62.1 Å². The van der Waals surface area contributed by atoms with E-state index in [0.29, 0.717) is 5.56 Å². The van der Waals surface area contributed by atoms with Crippen molar-refractivity contribution >= 4 is 17.8 Å². The Morgan fingerprint density at radius 1 is 0.915 bits per heavy atom. The van der Waals surface area contributed by atoms with Crippen LogP contribution in [-0.2, 0) is 46.5 Å². The Bertz CT molecular complexity index is 1460. The van der Waals surface area contributed by atoms with Gasteiger partial charge in [-0.3, -0.25) is 4.79 Å². The lowest BCUT2D eigenvalue weighted by atomic mass is 9.88. The summed E-state index contributed by atoms with van der Waals surface area (Å²) in [6.45, 7) is -0.825. The van der Waals surface area contributed by atoms with Crippen LogP contribution in [0.15, 0.2) is 91.0 Å². The molecule has 47 heavy (non-hydrogen) atoms. The van der Waals surface area contributed by atoms with Gasteiger partial charge in [0, 0.05) is 0 Å². The summed E-state index contributed by atoms with van der Waals surface area (Å²) in [5.41, 5.74) is 1.28. The highest BCUT2D eigenvalue weighted by molar-refractivity contribution is 5.89. The average Bonchev–Trinajstić information content (AvgIpc) is 3.08. The van der Waals surface area contributed by atoms with E-state index in [0.717, 1.165) is 12.7 Å². The molecule has 6 atom stereocenters. The summed E-state index contributed by atoms with van der Waals surface area (Å²) in [5, 5.41) is 24.0. The van der Waals surface area contributed by atoms with Crippen LogP contribution in [0.5, 0.6) is 0 Å². The number of benzene rings is 3. The van der Waals surface area contributed by atoms with E-state index in [2.05, 4.69) is 0 Å². The van der Waals surface area contributed by atoms with Crippen LogP contribution in [0.25, 0.3) is 0 Å². The van der Waals surface area contributed by atoms with Crippen molar-refractivity contribution in [3.8, 4) is 0 Å². The SMILES string of the molecule is COC(=O)[C@@]1(OCc2ccccc2)C[C@H](OC(=O)c2ccccc2)[C@@H](NC(=O)C(F)(F)F)[C@H]([C@H](O)[C@H](O)COCc2ccccc2)O1. The van der Waals surface area contributed by atoms with Gasteiger partial charge in [0.1, 0.15) is 24.4 Å². The monoisotopic (exact) mass is 661 g/mol. The molecule has 252 valence electrons. The third kappa shape index (κ3) is 9.36. The summed E-state index contributed by atoms with van der Waals surface area (Å²) < 4.78 is 68.4. The lowest BCUT2D eigenvalue weighted by Crippen LogP contribution is -2.69. The zero-order chi connectivity index (χ0) is 34.0. The normalized spacial score (nSPS) is 22.5. The molecule has 0 unspecified atom stereocenters. The Morgan fingerprint density at radius 2 is 1.47 bits per heavy atom. The molecule has 14 heteroatoms. The van der Waals surface area contributed by atoms with E-state index in [4.69, 9.17) is 23.7 Å². The summed E-state index contributed by atoms with van der Waals surface area (Å²) in [6, 6.07) is 22.7. The van der Waals surface area contributed by atoms with Crippen LogP contribution in [0, 0.1) is 0 Å². The number of aliphatic hydroxyl groups is 2. The first kappa shape index (κ1) is 35.5. The zero-order valence-corrected chi connectivity index (χ0v) is 25.2. The van der Waals surface area contributed by atoms with E-state index in [1.165, 1.54) is 24.3 Å². The molecule has 0 aliphatic carbocycles. The predicted octanol–water partition coefficient (Wildman–Crippen LogP) is 3.07. The lowest BCUT2D eigenvalue weighted by Gasteiger charge is -2.48. The quantitative estimate of drug-likeness (QED) is 0.233. The fourth-order valence-electron chi connectivity index (χ4n) is 4.93. The maximum Gasteiger partial charge on any atom is 0.471 e. The predicted molar refractivity (Wildman–Crippen MR) is 157 cm³/mol. The van der Waals surface area contributed by atoms with Gasteiger partial charge in [0.05, 0.1) is 45.0 Å². The van der Waals surface area contributed by atoms with Crippen LogP contribution < -0.4 is 5.32 Å². The smallest absolute Gasteiger partial charge is 0.465 e. The molecule has 0 spiro atoms. The van der Waals surface area contributed by atoms with Gasteiger partial charge in [-0.15, -0.1) is 0 Å². The summed E-state index contributed by atoms with van der Waals surface area (Å²) in [6.07, 6.45) is -13.9. The molecule has 0 saturated carbocycles. The van der Waals surface area contributed by atoms with Crippen LogP contribution in [0.4, 0.5) is 13.2 Å². The number of esters is 2. The molecule has 1 amide bonds. The Labute approximate surface area is 268 Å². The van der Waals surface area contributed by atoms with Crippen molar-refractivity contribution in [2.75, 3.05) is 13.7 Å². The Hall–Kier alpha value is -4.34. The molecule has 3 aromatic rings. The molecule has 3 N–H and O–H groups in total. The number of carbonyl (C=O) groups excluding carboxylic acids is 3. The van der Waals surface area contributed by atoms with Crippen molar-refractivity contribution in [1.82, 2.24) is 5.32 Å². The number of hydrogen-bond acceptors (Lipinski definition) is 10. The summed E-state index contributed by atoms with van der Waals surface area (Å²) >= 11 is 0. The number of halogens is 3. The number of carbonyl (C=O) groups is 3. The van der Waals surface area contributed by atoms with Gasteiger partial charge in [0.2, 0.25) is 0 Å². The third-order valence-electron chi connectivity index (χ3n) is 7.32. The van der Waals surface area contributed by atoms with E-state index < -0.39 is 73.3 Å². The Morgan fingerprint density at radius 3 is 2.02 bits per heavy atom. The lowest BCUT2D eigenvalue weighted by molar-refractivity contribution is -0.316. The number of amides is 1. The molecule has 1 aliphatic rings. The van der Waals surface area contributed by atoms with Crippen molar-refractivity contribution in [1.29, 1.82) is 0 Å². The summed E-state index contributed by atoms with van der Waals surface area (Å²) in [5.74, 6) is -7.14. The molecule has 3 aromatic carbocycles. The maximum absolute atomic E-state index is 13.5. The van der Waals surface area contributed by atoms with Gasteiger partial charge in [-0.25, -0.2) is 9.59 Å². The van der Waals surface area contributed by atoms with Gasteiger partial charge in [-0.05, 0) is 23.3 Å². The fourth-order valence-corrected chi connectivity index (χ4v) is 4.93. The van der Waals surface area contributed by atoms with Gasteiger partial charge < -0.3 is 39.2 Å². The van der Waals surface area contributed by atoms with Gasteiger partial charge in [0.15, 0.2) is 0 Å². The number of ether oxygens (including phenoxy) is 5. The van der Waals surface area contributed by atoms with Crippen molar-refractivity contribution in [3.63, 3.8) is 0 Å². The van der Waals surface area contributed by atoms with Gasteiger partial charge in [-0.2, -0.15) is 13.2 Å². The molecular weight excluding hydrogens is 627 g/mol. The number of alkyl halides is 3. The van der Waals surface area contributed by atoms with E-state index in [9.17, 15) is 37.8 Å². The molecule has 11 nitrogen and oxygen atoms in total. The molecule has 0 radical (unpaired) electrons. The largest absolute Gasteiger partial charge is 0.471 e. The van der Waals surface area contributed by atoms with Crippen LogP contribution in [0.1, 0.15) is 27.9 Å². The van der Waals surface area contributed by atoms with E-state index in [1.54, 1.807) is 72.0 Å². The Kier molecular flexibility index (Phi) is 12.1. The molecular formula is C33H34F3NO10. The molecule has 0 bridgehead atoms. The maximum atomic E-state index is 13.5. The van der Waals surface area contributed by atoms with Crippen molar-refractivity contribution in [2.24, 2.45) is 0 Å². The highest BCUT2D eigenvalue weighted by atomic mass is 19.4.